The van der Waals surface area contributed by atoms with Crippen molar-refractivity contribution in [2.24, 2.45) is 11.8 Å². The molecule has 0 aromatic heterocycles. The van der Waals surface area contributed by atoms with Crippen LogP contribution in [0.1, 0.15) is 39.5 Å². The largest absolute Gasteiger partial charge is 0.301 e. The number of likely N-dealkylation sites (tertiary alicyclic amines) is 2. The maximum atomic E-state index is 13.5. The molecule has 3 unspecified atom stereocenters. The number of sulfone groups is 1. The Labute approximate surface area is 182 Å². The lowest BCUT2D eigenvalue weighted by molar-refractivity contribution is 0.0895. The van der Waals surface area contributed by atoms with Crippen LogP contribution in [0.5, 0.6) is 0 Å². The topological polar surface area (TPSA) is 40.6 Å². The Morgan fingerprint density at radius 2 is 1.63 bits per heavy atom. The molecule has 2 aliphatic rings. The molecule has 2 aromatic rings. The molecule has 164 valence electrons. The number of nitrogens with zero attached hydrogens (tertiary/aromatic N) is 2. The first-order valence-electron chi connectivity index (χ1n) is 11.6. The van der Waals surface area contributed by atoms with Gasteiger partial charge in [0.25, 0.3) is 0 Å². The van der Waals surface area contributed by atoms with Crippen molar-refractivity contribution in [3.05, 3.63) is 42.5 Å². The van der Waals surface area contributed by atoms with Gasteiger partial charge in [0.2, 0.25) is 0 Å². The maximum Gasteiger partial charge on any atom is 0.179 e. The molecule has 0 amide bonds. The molecule has 0 radical (unpaired) electrons. The van der Waals surface area contributed by atoms with E-state index in [1.54, 1.807) is 6.07 Å². The van der Waals surface area contributed by atoms with E-state index in [0.717, 1.165) is 43.5 Å². The van der Waals surface area contributed by atoms with Crippen LogP contribution in [0.2, 0.25) is 0 Å². The van der Waals surface area contributed by atoms with Crippen LogP contribution in [-0.4, -0.2) is 62.7 Å². The number of benzene rings is 2. The molecule has 0 saturated carbocycles. The number of piperidine rings is 2. The Hall–Kier alpha value is -1.43. The first-order chi connectivity index (χ1) is 14.4. The van der Waals surface area contributed by atoms with Crippen LogP contribution in [0.25, 0.3) is 10.8 Å². The van der Waals surface area contributed by atoms with Gasteiger partial charge in [0.1, 0.15) is 0 Å². The highest BCUT2D eigenvalue weighted by Crippen LogP contribution is 2.25. The van der Waals surface area contributed by atoms with E-state index in [0.29, 0.717) is 16.7 Å². The van der Waals surface area contributed by atoms with Crippen LogP contribution in [0.15, 0.2) is 47.4 Å². The first-order valence-corrected chi connectivity index (χ1v) is 13.2. The molecule has 0 spiro atoms. The van der Waals surface area contributed by atoms with Gasteiger partial charge in [-0.1, -0.05) is 44.2 Å². The van der Waals surface area contributed by atoms with E-state index in [-0.39, 0.29) is 11.8 Å². The van der Waals surface area contributed by atoms with Crippen molar-refractivity contribution in [2.75, 3.05) is 38.5 Å². The molecule has 2 fully saturated rings. The average molecular weight is 429 g/mol. The standard InChI is InChI=1S/C25H36N2O2S/c1-20-7-5-13-26(16-20)18-24(27-14-6-8-21(2)17-27)19-30(28,29)25-12-11-22-9-3-4-10-23(22)15-25/h3-4,9-12,15,20-21,24H,5-8,13-14,16-19H2,1-2H3. The van der Waals surface area contributed by atoms with Crippen molar-refractivity contribution < 1.29 is 8.42 Å². The van der Waals surface area contributed by atoms with Gasteiger partial charge >= 0.3 is 0 Å². The van der Waals surface area contributed by atoms with Crippen molar-refractivity contribution >= 4 is 20.6 Å². The monoisotopic (exact) mass is 428 g/mol. The Morgan fingerprint density at radius 3 is 2.37 bits per heavy atom. The molecule has 30 heavy (non-hydrogen) atoms. The highest BCUT2D eigenvalue weighted by molar-refractivity contribution is 7.91. The number of hydrogen-bond donors (Lipinski definition) is 0. The van der Waals surface area contributed by atoms with E-state index in [9.17, 15) is 8.42 Å². The predicted octanol–water partition coefficient (Wildman–Crippen LogP) is 4.45. The minimum absolute atomic E-state index is 0.0644. The zero-order chi connectivity index (χ0) is 21.1. The van der Waals surface area contributed by atoms with Crippen molar-refractivity contribution in [1.82, 2.24) is 9.80 Å². The Bertz CT molecular complexity index is 959. The van der Waals surface area contributed by atoms with Crippen LogP contribution in [0, 0.1) is 11.8 Å². The highest BCUT2D eigenvalue weighted by Gasteiger charge is 2.31. The van der Waals surface area contributed by atoms with Crippen molar-refractivity contribution in [1.29, 1.82) is 0 Å². The number of hydrogen-bond acceptors (Lipinski definition) is 4. The summed E-state index contributed by atoms with van der Waals surface area (Å²) >= 11 is 0. The van der Waals surface area contributed by atoms with E-state index < -0.39 is 9.84 Å². The number of rotatable bonds is 6. The molecular weight excluding hydrogens is 392 g/mol. The summed E-state index contributed by atoms with van der Waals surface area (Å²) in [5.41, 5.74) is 0. The number of fused-ring (bicyclic) bond motifs is 1. The van der Waals surface area contributed by atoms with E-state index in [2.05, 4.69) is 23.6 Å². The molecule has 2 heterocycles. The van der Waals surface area contributed by atoms with Crippen LogP contribution in [0.3, 0.4) is 0 Å². The summed E-state index contributed by atoms with van der Waals surface area (Å²) in [6.07, 6.45) is 4.94. The lowest BCUT2D eigenvalue weighted by atomic mass is 9.97. The molecule has 5 heteroatoms. The van der Waals surface area contributed by atoms with E-state index in [1.165, 1.54) is 25.7 Å². The van der Waals surface area contributed by atoms with Gasteiger partial charge in [-0.15, -0.1) is 0 Å². The molecule has 2 aliphatic heterocycles. The summed E-state index contributed by atoms with van der Waals surface area (Å²) in [5, 5.41) is 2.08. The van der Waals surface area contributed by atoms with Crippen molar-refractivity contribution in [3.8, 4) is 0 Å². The third kappa shape index (κ3) is 5.24. The van der Waals surface area contributed by atoms with E-state index >= 15 is 0 Å². The van der Waals surface area contributed by atoms with Gasteiger partial charge in [0.15, 0.2) is 9.84 Å². The zero-order valence-electron chi connectivity index (χ0n) is 18.5. The van der Waals surface area contributed by atoms with Gasteiger partial charge in [-0.25, -0.2) is 8.42 Å². The van der Waals surface area contributed by atoms with Gasteiger partial charge in [-0.2, -0.15) is 0 Å². The third-order valence-electron chi connectivity index (χ3n) is 6.91. The molecule has 0 N–H and O–H groups in total. The SMILES string of the molecule is CC1CCCN(CC(CS(=O)(=O)c2ccc3ccccc3c2)N2CCCC(C)C2)C1. The van der Waals surface area contributed by atoms with Crippen molar-refractivity contribution in [2.45, 2.75) is 50.5 Å². The fourth-order valence-electron chi connectivity index (χ4n) is 5.29. The molecule has 0 aliphatic carbocycles. The highest BCUT2D eigenvalue weighted by atomic mass is 32.2. The Kier molecular flexibility index (Phi) is 6.81. The van der Waals surface area contributed by atoms with Crippen LogP contribution >= 0.6 is 0 Å². The molecule has 2 saturated heterocycles. The average Bonchev–Trinajstić information content (AvgIpc) is 2.73. The van der Waals surface area contributed by atoms with Gasteiger partial charge in [-0.3, -0.25) is 4.90 Å². The smallest absolute Gasteiger partial charge is 0.179 e. The first kappa shape index (κ1) is 21.8. The fraction of sp³-hybridized carbons (Fsp3) is 0.600. The van der Waals surface area contributed by atoms with Gasteiger partial charge in [0.05, 0.1) is 10.6 Å². The minimum Gasteiger partial charge on any atom is -0.301 e. The Morgan fingerprint density at radius 1 is 0.933 bits per heavy atom. The lowest BCUT2D eigenvalue weighted by Gasteiger charge is -2.41. The van der Waals surface area contributed by atoms with Crippen LogP contribution < -0.4 is 0 Å². The summed E-state index contributed by atoms with van der Waals surface area (Å²) in [7, 11) is -3.35. The molecule has 4 rings (SSSR count). The summed E-state index contributed by atoms with van der Waals surface area (Å²) in [4.78, 5) is 5.43. The molecule has 0 bridgehead atoms. The van der Waals surface area contributed by atoms with Gasteiger partial charge in [0, 0.05) is 25.7 Å². The fourth-order valence-corrected chi connectivity index (χ4v) is 6.89. The summed E-state index contributed by atoms with van der Waals surface area (Å²) in [6.45, 7) is 9.70. The van der Waals surface area contributed by atoms with Crippen molar-refractivity contribution in [3.63, 3.8) is 0 Å². The lowest BCUT2D eigenvalue weighted by Crippen LogP contribution is -2.52. The van der Waals surface area contributed by atoms with E-state index in [1.807, 2.05) is 36.4 Å². The molecule has 4 nitrogen and oxygen atoms in total. The quantitative estimate of drug-likeness (QED) is 0.682. The molecule has 3 atom stereocenters. The summed E-state index contributed by atoms with van der Waals surface area (Å²) < 4.78 is 26.9. The third-order valence-corrected chi connectivity index (χ3v) is 8.70. The predicted molar refractivity (Wildman–Crippen MR) is 125 cm³/mol. The minimum atomic E-state index is -3.35. The zero-order valence-corrected chi connectivity index (χ0v) is 19.3. The summed E-state index contributed by atoms with van der Waals surface area (Å²) in [6, 6.07) is 13.6. The molecule has 2 aromatic carbocycles. The second-order valence-electron chi connectivity index (χ2n) is 9.69. The maximum absolute atomic E-state index is 13.5. The van der Waals surface area contributed by atoms with Crippen LogP contribution in [-0.2, 0) is 9.84 Å². The van der Waals surface area contributed by atoms with E-state index in [4.69, 9.17) is 0 Å². The van der Waals surface area contributed by atoms with Gasteiger partial charge < -0.3 is 4.90 Å². The second kappa shape index (κ2) is 9.37. The van der Waals surface area contributed by atoms with Gasteiger partial charge in [-0.05, 0) is 73.5 Å². The summed E-state index contributed by atoms with van der Waals surface area (Å²) in [5.74, 6) is 1.56. The van der Waals surface area contributed by atoms with Crippen LogP contribution in [0.4, 0.5) is 0 Å². The molecular formula is C25H36N2O2S. The normalized spacial score (nSPS) is 25.4. The Balaban J connectivity index is 1.56. The second-order valence-corrected chi connectivity index (χ2v) is 11.7.